The highest BCUT2D eigenvalue weighted by Crippen LogP contribution is 2.26. The molecular weight excluding hydrogens is 317 g/mol. The van der Waals surface area contributed by atoms with Crippen LogP contribution < -0.4 is 9.64 Å². The molecule has 0 N–H and O–H groups in total. The highest BCUT2D eigenvalue weighted by molar-refractivity contribution is 7.98. The number of hydrogen-bond donors (Lipinski definition) is 0. The molecule has 0 aliphatic heterocycles. The molecule has 1 aromatic carbocycles. The maximum atomic E-state index is 14.3. The standard InChI is InChI=1S/C16H18FN3O2S/c1-10-12(8-18-16(19-10)23-4)9-20(11(2)21)15-6-5-13(22-3)7-14(15)17/h5-8H,9H2,1-4H3. The Morgan fingerprint density at radius 3 is 2.70 bits per heavy atom. The Bertz CT molecular complexity index is 724. The molecule has 7 heteroatoms. The zero-order valence-corrected chi connectivity index (χ0v) is 14.3. The van der Waals surface area contributed by atoms with E-state index in [0.29, 0.717) is 10.9 Å². The first-order valence-corrected chi connectivity index (χ1v) is 8.17. The number of halogens is 1. The highest BCUT2D eigenvalue weighted by Gasteiger charge is 2.18. The summed E-state index contributed by atoms with van der Waals surface area (Å²) >= 11 is 1.44. The molecule has 0 fully saturated rings. The second-order valence-electron chi connectivity index (χ2n) is 4.89. The average molecular weight is 335 g/mol. The van der Waals surface area contributed by atoms with Crippen LogP contribution in [0.5, 0.6) is 5.75 Å². The van der Waals surface area contributed by atoms with E-state index in [1.807, 2.05) is 13.2 Å². The average Bonchev–Trinajstić information content (AvgIpc) is 2.53. The number of aryl methyl sites for hydroxylation is 1. The van der Waals surface area contributed by atoms with Crippen molar-refractivity contribution in [2.75, 3.05) is 18.3 Å². The maximum absolute atomic E-state index is 14.3. The number of carbonyl (C=O) groups is 1. The number of aromatic nitrogens is 2. The summed E-state index contributed by atoms with van der Waals surface area (Å²) in [4.78, 5) is 21.9. The van der Waals surface area contributed by atoms with Crippen LogP contribution in [0.15, 0.2) is 29.6 Å². The van der Waals surface area contributed by atoms with Gasteiger partial charge in [-0.25, -0.2) is 14.4 Å². The van der Waals surface area contributed by atoms with E-state index < -0.39 is 5.82 Å². The van der Waals surface area contributed by atoms with E-state index in [-0.39, 0.29) is 18.1 Å². The van der Waals surface area contributed by atoms with Crippen molar-refractivity contribution in [1.82, 2.24) is 9.97 Å². The van der Waals surface area contributed by atoms with Gasteiger partial charge in [-0.1, -0.05) is 11.8 Å². The van der Waals surface area contributed by atoms with Gasteiger partial charge < -0.3 is 9.64 Å². The Kier molecular flexibility index (Phi) is 5.54. The number of carbonyl (C=O) groups excluding carboxylic acids is 1. The maximum Gasteiger partial charge on any atom is 0.224 e. The van der Waals surface area contributed by atoms with Crippen LogP contribution in [-0.4, -0.2) is 29.2 Å². The monoisotopic (exact) mass is 335 g/mol. The van der Waals surface area contributed by atoms with Crippen LogP contribution in [0.2, 0.25) is 0 Å². The van der Waals surface area contributed by atoms with Crippen LogP contribution >= 0.6 is 11.8 Å². The zero-order valence-electron chi connectivity index (χ0n) is 13.5. The van der Waals surface area contributed by atoms with Crippen molar-refractivity contribution in [3.05, 3.63) is 41.5 Å². The third-order valence-electron chi connectivity index (χ3n) is 3.40. The van der Waals surface area contributed by atoms with Crippen LogP contribution in [0.4, 0.5) is 10.1 Å². The number of methoxy groups -OCH3 is 1. The van der Waals surface area contributed by atoms with Gasteiger partial charge in [0.15, 0.2) is 11.0 Å². The molecule has 0 bridgehead atoms. The predicted molar refractivity (Wildman–Crippen MR) is 88.4 cm³/mol. The molecule has 0 saturated carbocycles. The van der Waals surface area contributed by atoms with Gasteiger partial charge in [0.05, 0.1) is 19.3 Å². The first kappa shape index (κ1) is 17.2. The minimum atomic E-state index is -0.515. The Morgan fingerprint density at radius 2 is 2.17 bits per heavy atom. The van der Waals surface area contributed by atoms with Crippen LogP contribution in [0.3, 0.4) is 0 Å². The Morgan fingerprint density at radius 1 is 1.43 bits per heavy atom. The van der Waals surface area contributed by atoms with Crippen LogP contribution in [0.1, 0.15) is 18.2 Å². The first-order valence-electron chi connectivity index (χ1n) is 6.94. The molecule has 0 aliphatic carbocycles. The second kappa shape index (κ2) is 7.41. The van der Waals surface area contributed by atoms with Crippen molar-refractivity contribution in [3.8, 4) is 5.75 Å². The van der Waals surface area contributed by atoms with Gasteiger partial charge in [-0.3, -0.25) is 4.79 Å². The fraction of sp³-hybridized carbons (Fsp3) is 0.312. The molecule has 1 aromatic heterocycles. The summed E-state index contributed by atoms with van der Waals surface area (Å²) in [5.74, 6) is -0.375. The Labute approximate surface area is 138 Å². The predicted octanol–water partition coefficient (Wildman–Crippen LogP) is 3.21. The molecule has 2 rings (SSSR count). The van der Waals surface area contributed by atoms with E-state index in [0.717, 1.165) is 11.3 Å². The molecule has 0 radical (unpaired) electrons. The molecule has 1 amide bonds. The minimum absolute atomic E-state index is 0.201. The normalized spacial score (nSPS) is 10.5. The molecule has 0 aliphatic rings. The Balaban J connectivity index is 2.35. The van der Waals surface area contributed by atoms with Crippen molar-refractivity contribution in [3.63, 3.8) is 0 Å². The third kappa shape index (κ3) is 3.98. The number of amides is 1. The lowest BCUT2D eigenvalue weighted by Gasteiger charge is -2.22. The molecule has 0 spiro atoms. The van der Waals surface area contributed by atoms with Crippen LogP contribution in [-0.2, 0) is 11.3 Å². The van der Waals surface area contributed by atoms with Crippen molar-refractivity contribution < 1.29 is 13.9 Å². The molecule has 5 nitrogen and oxygen atoms in total. The van der Waals surface area contributed by atoms with E-state index in [4.69, 9.17) is 4.74 Å². The summed E-state index contributed by atoms with van der Waals surface area (Å²) < 4.78 is 19.2. The molecule has 23 heavy (non-hydrogen) atoms. The summed E-state index contributed by atoms with van der Waals surface area (Å²) in [6, 6.07) is 4.40. The number of nitrogens with zero attached hydrogens (tertiary/aromatic N) is 3. The lowest BCUT2D eigenvalue weighted by Crippen LogP contribution is -2.29. The van der Waals surface area contributed by atoms with Crippen molar-refractivity contribution in [2.45, 2.75) is 25.5 Å². The van der Waals surface area contributed by atoms with Gasteiger partial charge in [0, 0.05) is 30.4 Å². The molecule has 1 heterocycles. The number of anilines is 1. The minimum Gasteiger partial charge on any atom is -0.497 e. The lowest BCUT2D eigenvalue weighted by molar-refractivity contribution is -0.116. The van der Waals surface area contributed by atoms with E-state index in [2.05, 4.69) is 9.97 Å². The molecule has 0 atom stereocenters. The number of ether oxygens (including phenoxy) is 1. The van der Waals surface area contributed by atoms with E-state index >= 15 is 0 Å². The summed E-state index contributed by atoms with van der Waals surface area (Å²) in [5, 5.41) is 0.663. The van der Waals surface area contributed by atoms with Crippen molar-refractivity contribution in [2.24, 2.45) is 0 Å². The van der Waals surface area contributed by atoms with E-state index in [1.54, 1.807) is 12.3 Å². The molecular formula is C16H18FN3O2S. The van der Waals surface area contributed by atoms with Crippen LogP contribution in [0, 0.1) is 12.7 Å². The number of rotatable bonds is 5. The topological polar surface area (TPSA) is 55.3 Å². The Hall–Kier alpha value is -2.15. The van der Waals surface area contributed by atoms with Gasteiger partial charge in [-0.05, 0) is 25.3 Å². The van der Waals surface area contributed by atoms with Gasteiger partial charge in [0.25, 0.3) is 0 Å². The fourth-order valence-corrected chi connectivity index (χ4v) is 2.48. The summed E-state index contributed by atoms with van der Waals surface area (Å²) in [6.45, 7) is 3.45. The number of benzene rings is 1. The zero-order chi connectivity index (χ0) is 17.0. The molecule has 122 valence electrons. The fourth-order valence-electron chi connectivity index (χ4n) is 2.09. The smallest absolute Gasteiger partial charge is 0.224 e. The van der Waals surface area contributed by atoms with Crippen LogP contribution in [0.25, 0.3) is 0 Å². The molecule has 2 aromatic rings. The van der Waals surface area contributed by atoms with Gasteiger partial charge >= 0.3 is 0 Å². The number of thioether (sulfide) groups is 1. The van der Waals surface area contributed by atoms with Crippen molar-refractivity contribution in [1.29, 1.82) is 0 Å². The van der Waals surface area contributed by atoms with Gasteiger partial charge in [0.1, 0.15) is 5.75 Å². The highest BCUT2D eigenvalue weighted by atomic mass is 32.2. The third-order valence-corrected chi connectivity index (χ3v) is 3.96. The second-order valence-corrected chi connectivity index (χ2v) is 5.66. The van der Waals surface area contributed by atoms with Crippen molar-refractivity contribution >= 4 is 23.4 Å². The first-order chi connectivity index (χ1) is 11.0. The summed E-state index contributed by atoms with van der Waals surface area (Å²) in [6.07, 6.45) is 3.56. The van der Waals surface area contributed by atoms with Gasteiger partial charge in [-0.15, -0.1) is 0 Å². The van der Waals surface area contributed by atoms with Gasteiger partial charge in [0.2, 0.25) is 5.91 Å². The number of hydrogen-bond acceptors (Lipinski definition) is 5. The summed E-state index contributed by atoms with van der Waals surface area (Å²) in [5.41, 5.74) is 1.74. The van der Waals surface area contributed by atoms with Gasteiger partial charge in [-0.2, -0.15) is 0 Å². The summed E-state index contributed by atoms with van der Waals surface area (Å²) in [7, 11) is 1.46. The lowest BCUT2D eigenvalue weighted by atomic mass is 10.2. The SMILES string of the molecule is COc1ccc(N(Cc2cnc(SC)nc2C)C(C)=O)c(F)c1. The molecule has 0 saturated heterocycles. The molecule has 0 unspecified atom stereocenters. The van der Waals surface area contributed by atoms with E-state index in [1.165, 1.54) is 42.8 Å². The quantitative estimate of drug-likeness (QED) is 0.620. The van der Waals surface area contributed by atoms with E-state index in [9.17, 15) is 9.18 Å². The largest absolute Gasteiger partial charge is 0.497 e.